The molecule has 1 N–H and O–H groups in total. The van der Waals surface area contributed by atoms with Gasteiger partial charge in [-0.1, -0.05) is 6.07 Å². The van der Waals surface area contributed by atoms with Gasteiger partial charge in [-0.3, -0.25) is 4.98 Å². The van der Waals surface area contributed by atoms with E-state index in [0.29, 0.717) is 6.16 Å². The van der Waals surface area contributed by atoms with Crippen molar-refractivity contribution in [3.8, 4) is 11.4 Å². The van der Waals surface area contributed by atoms with Crippen LogP contribution in [0.15, 0.2) is 36.5 Å². The highest BCUT2D eigenvalue weighted by Crippen LogP contribution is 2.39. The molecular weight excluding hydrogens is 235 g/mol. The fourth-order valence-corrected chi connectivity index (χ4v) is 2.39. The van der Waals surface area contributed by atoms with E-state index < -0.39 is 8.38 Å². The molecule has 0 spiro atoms. The smallest absolute Gasteiger partial charge is 0.176 e. The normalized spacial score (nSPS) is 11.0. The molecule has 2 heterocycles. The summed E-state index contributed by atoms with van der Waals surface area (Å²) in [6.45, 7) is 0. The second-order valence-corrected chi connectivity index (χ2v) is 5.17. The lowest BCUT2D eigenvalue weighted by molar-refractivity contribution is 0.339. The number of aromatic amines is 1. The van der Waals surface area contributed by atoms with E-state index in [2.05, 4.69) is 9.97 Å². The van der Waals surface area contributed by atoms with Crippen LogP contribution in [0.4, 0.5) is 0 Å². The number of hydrogen-bond donors (Lipinski definition) is 1. The van der Waals surface area contributed by atoms with Gasteiger partial charge in [-0.15, -0.1) is 0 Å². The van der Waals surface area contributed by atoms with Gasteiger partial charge in [0.25, 0.3) is 0 Å². The third kappa shape index (κ3) is 3.13. The third-order valence-electron chi connectivity index (χ3n) is 2.38. The summed E-state index contributed by atoms with van der Waals surface area (Å²) in [6, 6.07) is 9.93. The summed E-state index contributed by atoms with van der Waals surface area (Å²) in [4.78, 5) is 7.72. The largest absolute Gasteiger partial charge is 0.360 e. The van der Waals surface area contributed by atoms with Crippen molar-refractivity contribution in [2.75, 3.05) is 14.2 Å². The summed E-state index contributed by atoms with van der Waals surface area (Å²) in [5.74, 6) is 0. The molecule has 0 aromatic carbocycles. The molecule has 0 bridgehead atoms. The zero-order valence-electron chi connectivity index (χ0n) is 9.88. The lowest BCUT2D eigenvalue weighted by Crippen LogP contribution is -1.93. The number of pyridine rings is 1. The minimum absolute atomic E-state index is 0.705. The molecule has 4 nitrogen and oxygen atoms in total. The van der Waals surface area contributed by atoms with Gasteiger partial charge >= 0.3 is 0 Å². The van der Waals surface area contributed by atoms with Gasteiger partial charge in [-0.05, 0) is 24.3 Å². The SMILES string of the molecule is COP(Cc1cccc(-c2ccc[nH]2)n1)OC. The van der Waals surface area contributed by atoms with Crippen LogP contribution in [0.5, 0.6) is 0 Å². The average Bonchev–Trinajstić information content (AvgIpc) is 2.90. The first-order chi connectivity index (χ1) is 8.33. The van der Waals surface area contributed by atoms with Crippen LogP contribution in [-0.4, -0.2) is 24.2 Å². The van der Waals surface area contributed by atoms with E-state index in [1.54, 1.807) is 14.2 Å². The molecule has 0 saturated heterocycles. The Morgan fingerprint density at radius 1 is 1.18 bits per heavy atom. The highest BCUT2D eigenvalue weighted by molar-refractivity contribution is 7.46. The fraction of sp³-hybridized carbons (Fsp3) is 0.250. The lowest BCUT2D eigenvalue weighted by atomic mass is 10.2. The molecule has 5 heteroatoms. The fourth-order valence-electron chi connectivity index (χ4n) is 1.54. The van der Waals surface area contributed by atoms with E-state index in [0.717, 1.165) is 17.1 Å². The highest BCUT2D eigenvalue weighted by atomic mass is 31.2. The summed E-state index contributed by atoms with van der Waals surface area (Å²) in [7, 11) is 2.44. The minimum Gasteiger partial charge on any atom is -0.360 e. The maximum Gasteiger partial charge on any atom is 0.176 e. The molecule has 0 saturated carbocycles. The Balaban J connectivity index is 2.17. The molecule has 2 aromatic heterocycles. The van der Waals surface area contributed by atoms with E-state index in [1.807, 2.05) is 36.5 Å². The number of hydrogen-bond acceptors (Lipinski definition) is 3. The maximum absolute atomic E-state index is 5.23. The molecule has 0 radical (unpaired) electrons. The minimum atomic E-state index is -0.875. The van der Waals surface area contributed by atoms with E-state index in [9.17, 15) is 0 Å². The van der Waals surface area contributed by atoms with E-state index >= 15 is 0 Å². The summed E-state index contributed by atoms with van der Waals surface area (Å²) in [5, 5.41) is 0. The average molecular weight is 250 g/mol. The first-order valence-electron chi connectivity index (χ1n) is 5.29. The number of H-pyrrole nitrogens is 1. The molecule has 0 aliphatic carbocycles. The number of rotatable bonds is 5. The first kappa shape index (κ1) is 12.2. The van der Waals surface area contributed by atoms with Crippen LogP contribution in [-0.2, 0) is 15.2 Å². The van der Waals surface area contributed by atoms with Crippen LogP contribution >= 0.6 is 8.38 Å². The van der Waals surface area contributed by atoms with Gasteiger partial charge in [0.2, 0.25) is 0 Å². The van der Waals surface area contributed by atoms with E-state index in [1.165, 1.54) is 0 Å². The predicted molar refractivity (Wildman–Crippen MR) is 68.7 cm³/mol. The van der Waals surface area contributed by atoms with Crippen molar-refractivity contribution in [2.24, 2.45) is 0 Å². The Morgan fingerprint density at radius 3 is 2.65 bits per heavy atom. The zero-order chi connectivity index (χ0) is 12.1. The van der Waals surface area contributed by atoms with Gasteiger partial charge in [0.1, 0.15) is 0 Å². The van der Waals surface area contributed by atoms with Gasteiger partial charge in [0.05, 0.1) is 23.2 Å². The predicted octanol–water partition coefficient (Wildman–Crippen LogP) is 3.18. The summed E-state index contributed by atoms with van der Waals surface area (Å²) in [6.07, 6.45) is 2.60. The second kappa shape index (κ2) is 5.92. The van der Waals surface area contributed by atoms with Gasteiger partial charge in [0, 0.05) is 20.4 Å². The standard InChI is InChI=1S/C12H15N2O2P/c1-15-17(16-2)9-10-5-3-6-12(14-10)11-7-4-8-13-11/h3-8,13H,9H2,1-2H3. The topological polar surface area (TPSA) is 47.1 Å². The maximum atomic E-state index is 5.23. The Hall–Kier alpha value is -1.22. The van der Waals surface area contributed by atoms with Crippen LogP contribution in [0.1, 0.15) is 5.69 Å². The van der Waals surface area contributed by atoms with Crippen LogP contribution < -0.4 is 0 Å². The number of nitrogens with one attached hydrogen (secondary N) is 1. The van der Waals surface area contributed by atoms with Gasteiger partial charge in [-0.2, -0.15) is 0 Å². The molecule has 90 valence electrons. The van der Waals surface area contributed by atoms with Crippen molar-refractivity contribution < 1.29 is 9.05 Å². The van der Waals surface area contributed by atoms with Crippen molar-refractivity contribution in [1.82, 2.24) is 9.97 Å². The van der Waals surface area contributed by atoms with Crippen LogP contribution in [0.3, 0.4) is 0 Å². The Bertz CT molecular complexity index is 455. The number of nitrogens with zero attached hydrogens (tertiary/aromatic N) is 1. The summed E-state index contributed by atoms with van der Waals surface area (Å²) >= 11 is 0. The molecule has 17 heavy (non-hydrogen) atoms. The zero-order valence-corrected chi connectivity index (χ0v) is 10.8. The van der Waals surface area contributed by atoms with Crippen LogP contribution in [0.2, 0.25) is 0 Å². The van der Waals surface area contributed by atoms with E-state index in [4.69, 9.17) is 9.05 Å². The molecule has 0 fully saturated rings. The van der Waals surface area contributed by atoms with Crippen molar-refractivity contribution >= 4 is 8.38 Å². The molecule has 0 unspecified atom stereocenters. The van der Waals surface area contributed by atoms with Crippen molar-refractivity contribution in [1.29, 1.82) is 0 Å². The van der Waals surface area contributed by atoms with Gasteiger partial charge in [-0.25, -0.2) is 0 Å². The molecule has 0 atom stereocenters. The van der Waals surface area contributed by atoms with Crippen LogP contribution in [0, 0.1) is 0 Å². The summed E-state index contributed by atoms with van der Waals surface area (Å²) in [5.41, 5.74) is 2.94. The van der Waals surface area contributed by atoms with Crippen LogP contribution in [0.25, 0.3) is 11.4 Å². The number of aromatic nitrogens is 2. The Morgan fingerprint density at radius 2 is 2.00 bits per heavy atom. The van der Waals surface area contributed by atoms with E-state index in [-0.39, 0.29) is 0 Å². The molecular formula is C12H15N2O2P. The molecule has 0 aliphatic heterocycles. The quantitative estimate of drug-likeness (QED) is 0.829. The monoisotopic (exact) mass is 250 g/mol. The second-order valence-electron chi connectivity index (χ2n) is 3.45. The van der Waals surface area contributed by atoms with Crippen molar-refractivity contribution in [3.63, 3.8) is 0 Å². The van der Waals surface area contributed by atoms with Crippen molar-refractivity contribution in [2.45, 2.75) is 6.16 Å². The van der Waals surface area contributed by atoms with Gasteiger partial charge < -0.3 is 14.0 Å². The Labute approximate surface area is 102 Å². The van der Waals surface area contributed by atoms with Crippen molar-refractivity contribution in [3.05, 3.63) is 42.2 Å². The first-order valence-corrected chi connectivity index (χ1v) is 6.65. The third-order valence-corrected chi connectivity index (χ3v) is 3.78. The molecule has 2 aromatic rings. The molecule has 0 aliphatic rings. The molecule has 2 rings (SSSR count). The Kier molecular flexibility index (Phi) is 4.26. The molecule has 0 amide bonds. The highest BCUT2D eigenvalue weighted by Gasteiger charge is 2.09. The summed E-state index contributed by atoms with van der Waals surface area (Å²) < 4.78 is 10.5. The van der Waals surface area contributed by atoms with Gasteiger partial charge in [0.15, 0.2) is 8.38 Å². The lowest BCUT2D eigenvalue weighted by Gasteiger charge is -2.11.